The Hall–Kier alpha value is -0.580. The van der Waals surface area contributed by atoms with Gasteiger partial charge in [0.1, 0.15) is 0 Å². The van der Waals surface area contributed by atoms with Gasteiger partial charge in [-0.15, -0.1) is 11.3 Å². The fourth-order valence-corrected chi connectivity index (χ4v) is 3.34. The monoisotopic (exact) mass is 244 g/mol. The van der Waals surface area contributed by atoms with Crippen LogP contribution >= 0.6 is 22.9 Å². The summed E-state index contributed by atoms with van der Waals surface area (Å²) in [6.45, 7) is 0.234. The first-order chi connectivity index (χ1) is 7.16. The van der Waals surface area contributed by atoms with Gasteiger partial charge in [0.25, 0.3) is 0 Å². The van der Waals surface area contributed by atoms with Gasteiger partial charge in [0.15, 0.2) is 0 Å². The zero-order valence-electron chi connectivity index (χ0n) is 8.25. The predicted molar refractivity (Wildman–Crippen MR) is 62.2 cm³/mol. The number of aryl methyl sites for hydroxylation is 1. The molecule has 2 rings (SSSR count). The summed E-state index contributed by atoms with van der Waals surface area (Å²) in [7, 11) is 0. The molecule has 1 aromatic heterocycles. The lowest BCUT2D eigenvalue weighted by molar-refractivity contribution is -0.117. The van der Waals surface area contributed by atoms with Crippen molar-refractivity contribution in [3.8, 4) is 0 Å². The molecule has 0 spiro atoms. The molecule has 0 saturated heterocycles. The van der Waals surface area contributed by atoms with Crippen LogP contribution in [0.15, 0.2) is 6.07 Å². The van der Waals surface area contributed by atoms with Crippen molar-refractivity contribution in [2.45, 2.75) is 25.3 Å². The van der Waals surface area contributed by atoms with E-state index in [9.17, 15) is 4.79 Å². The zero-order chi connectivity index (χ0) is 10.8. The van der Waals surface area contributed by atoms with Crippen molar-refractivity contribution in [2.75, 3.05) is 6.54 Å². The summed E-state index contributed by atoms with van der Waals surface area (Å²) in [6, 6.07) is 2.24. The molecule has 0 saturated carbocycles. The highest BCUT2D eigenvalue weighted by atomic mass is 35.5. The van der Waals surface area contributed by atoms with Gasteiger partial charge in [-0.05, 0) is 30.9 Å². The number of fused-ring (bicyclic) bond motifs is 1. The standard InChI is InChI=1S/C10H13ClN2OS/c11-9-4-6-7(13-5-10(12)14)2-1-3-8(6)15-9/h4,7,13H,1-3,5H2,(H2,12,14). The predicted octanol–water partition coefficient (Wildman–Crippen LogP) is 1.85. The number of halogens is 1. The number of hydrogen-bond acceptors (Lipinski definition) is 3. The number of thiophene rings is 1. The average molecular weight is 245 g/mol. The van der Waals surface area contributed by atoms with E-state index in [0.29, 0.717) is 0 Å². The minimum atomic E-state index is -0.316. The summed E-state index contributed by atoms with van der Waals surface area (Å²) in [6.07, 6.45) is 3.29. The van der Waals surface area contributed by atoms with E-state index in [1.807, 2.05) is 6.07 Å². The van der Waals surface area contributed by atoms with Crippen LogP contribution in [0.5, 0.6) is 0 Å². The topological polar surface area (TPSA) is 55.1 Å². The molecule has 1 aliphatic carbocycles. The van der Waals surface area contributed by atoms with Crippen LogP contribution in [-0.2, 0) is 11.2 Å². The molecule has 0 fully saturated rings. The molecule has 1 atom stereocenters. The third-order valence-corrected chi connectivity index (χ3v) is 3.95. The van der Waals surface area contributed by atoms with Gasteiger partial charge in [0.05, 0.1) is 10.9 Å². The van der Waals surface area contributed by atoms with E-state index in [2.05, 4.69) is 5.32 Å². The second kappa shape index (κ2) is 4.51. The molecule has 3 nitrogen and oxygen atoms in total. The first kappa shape index (κ1) is 10.9. The summed E-state index contributed by atoms with van der Waals surface area (Å²) < 4.78 is 0.827. The quantitative estimate of drug-likeness (QED) is 0.853. The first-order valence-corrected chi connectivity index (χ1v) is 6.16. The van der Waals surface area contributed by atoms with Crippen LogP contribution in [-0.4, -0.2) is 12.5 Å². The van der Waals surface area contributed by atoms with Gasteiger partial charge in [-0.3, -0.25) is 4.79 Å². The Kier molecular flexibility index (Phi) is 3.29. The highest BCUT2D eigenvalue weighted by molar-refractivity contribution is 7.16. The Morgan fingerprint density at radius 1 is 1.73 bits per heavy atom. The molecule has 0 bridgehead atoms. The van der Waals surface area contributed by atoms with Crippen molar-refractivity contribution in [1.82, 2.24) is 5.32 Å². The first-order valence-electron chi connectivity index (χ1n) is 4.96. The molecule has 1 heterocycles. The van der Waals surface area contributed by atoms with Crippen LogP contribution in [0.1, 0.15) is 29.3 Å². The molecular weight excluding hydrogens is 232 g/mol. The molecule has 15 heavy (non-hydrogen) atoms. The van der Waals surface area contributed by atoms with E-state index in [-0.39, 0.29) is 18.5 Å². The maximum atomic E-state index is 10.7. The van der Waals surface area contributed by atoms with Gasteiger partial charge in [0, 0.05) is 10.9 Å². The van der Waals surface area contributed by atoms with Crippen LogP contribution in [0.4, 0.5) is 0 Å². The van der Waals surface area contributed by atoms with E-state index in [1.165, 1.54) is 10.4 Å². The number of nitrogens with two attached hydrogens (primary N) is 1. The van der Waals surface area contributed by atoms with Gasteiger partial charge >= 0.3 is 0 Å². The van der Waals surface area contributed by atoms with E-state index < -0.39 is 0 Å². The van der Waals surface area contributed by atoms with Gasteiger partial charge in [0.2, 0.25) is 5.91 Å². The molecule has 1 unspecified atom stereocenters. The Morgan fingerprint density at radius 2 is 2.53 bits per heavy atom. The minimum Gasteiger partial charge on any atom is -0.369 e. The Morgan fingerprint density at radius 3 is 3.27 bits per heavy atom. The number of carbonyl (C=O) groups is 1. The number of hydrogen-bond donors (Lipinski definition) is 2. The molecule has 1 aliphatic rings. The van der Waals surface area contributed by atoms with Crippen molar-refractivity contribution in [3.63, 3.8) is 0 Å². The van der Waals surface area contributed by atoms with Crippen molar-refractivity contribution in [2.24, 2.45) is 5.73 Å². The third-order valence-electron chi connectivity index (χ3n) is 2.61. The summed E-state index contributed by atoms with van der Waals surface area (Å²) in [4.78, 5) is 12.0. The smallest absolute Gasteiger partial charge is 0.231 e. The molecule has 0 aliphatic heterocycles. The fraction of sp³-hybridized carbons (Fsp3) is 0.500. The Bertz CT molecular complexity index is 377. The molecular formula is C10H13ClN2OS. The third kappa shape index (κ3) is 2.51. The highest BCUT2D eigenvalue weighted by Gasteiger charge is 2.22. The summed E-state index contributed by atoms with van der Waals surface area (Å²) in [5.41, 5.74) is 6.36. The molecule has 3 N–H and O–H groups in total. The van der Waals surface area contributed by atoms with Gasteiger partial charge < -0.3 is 11.1 Å². The number of rotatable bonds is 3. The number of amides is 1. The Labute approximate surface area is 97.6 Å². The van der Waals surface area contributed by atoms with Crippen LogP contribution in [0.2, 0.25) is 4.34 Å². The number of primary amides is 1. The fourth-order valence-electron chi connectivity index (χ4n) is 1.96. The largest absolute Gasteiger partial charge is 0.369 e. The number of carbonyl (C=O) groups excluding carboxylic acids is 1. The van der Waals surface area contributed by atoms with Gasteiger partial charge in [-0.1, -0.05) is 11.6 Å². The molecule has 1 amide bonds. The molecule has 82 valence electrons. The van der Waals surface area contributed by atoms with Gasteiger partial charge in [-0.2, -0.15) is 0 Å². The normalized spacial score (nSPS) is 19.9. The molecule has 0 radical (unpaired) electrons. The zero-order valence-corrected chi connectivity index (χ0v) is 9.83. The van der Waals surface area contributed by atoms with Crippen molar-refractivity contribution < 1.29 is 4.79 Å². The minimum absolute atomic E-state index is 0.234. The molecule has 5 heteroatoms. The SMILES string of the molecule is NC(=O)CNC1CCCc2sc(Cl)cc21. The van der Waals surface area contributed by atoms with Crippen LogP contribution < -0.4 is 11.1 Å². The maximum Gasteiger partial charge on any atom is 0.231 e. The summed E-state index contributed by atoms with van der Waals surface area (Å²) in [5.74, 6) is -0.316. The van der Waals surface area contributed by atoms with E-state index in [1.54, 1.807) is 11.3 Å². The van der Waals surface area contributed by atoms with Gasteiger partial charge in [-0.25, -0.2) is 0 Å². The van der Waals surface area contributed by atoms with E-state index in [4.69, 9.17) is 17.3 Å². The Balaban J connectivity index is 2.11. The maximum absolute atomic E-state index is 10.7. The van der Waals surface area contributed by atoms with Crippen LogP contribution in [0.3, 0.4) is 0 Å². The lowest BCUT2D eigenvalue weighted by atomic mass is 9.94. The summed E-state index contributed by atoms with van der Waals surface area (Å²) >= 11 is 7.62. The van der Waals surface area contributed by atoms with Crippen molar-refractivity contribution >= 4 is 28.8 Å². The summed E-state index contributed by atoms with van der Waals surface area (Å²) in [5, 5.41) is 3.16. The van der Waals surface area contributed by atoms with E-state index >= 15 is 0 Å². The second-order valence-electron chi connectivity index (χ2n) is 3.72. The highest BCUT2D eigenvalue weighted by Crippen LogP contribution is 2.37. The van der Waals surface area contributed by atoms with Crippen LogP contribution in [0, 0.1) is 0 Å². The lowest BCUT2D eigenvalue weighted by Crippen LogP contribution is -2.32. The number of nitrogens with one attached hydrogen (secondary N) is 1. The molecule has 0 aromatic carbocycles. The average Bonchev–Trinajstić information content (AvgIpc) is 2.55. The lowest BCUT2D eigenvalue weighted by Gasteiger charge is -2.22. The van der Waals surface area contributed by atoms with E-state index in [0.717, 1.165) is 23.6 Å². The molecule has 1 aromatic rings. The second-order valence-corrected chi connectivity index (χ2v) is 5.49. The van der Waals surface area contributed by atoms with Crippen LogP contribution in [0.25, 0.3) is 0 Å². The van der Waals surface area contributed by atoms with Crippen molar-refractivity contribution in [3.05, 3.63) is 20.8 Å². The van der Waals surface area contributed by atoms with Crippen molar-refractivity contribution in [1.29, 1.82) is 0 Å².